The first-order valence-electron chi connectivity index (χ1n) is 8.78. The third-order valence-electron chi connectivity index (χ3n) is 4.23. The van der Waals surface area contributed by atoms with Crippen LogP contribution in [-0.2, 0) is 0 Å². The number of nitrogens with zero attached hydrogens (tertiary/aromatic N) is 2. The molecule has 0 aliphatic heterocycles. The van der Waals surface area contributed by atoms with Gasteiger partial charge in [-0.25, -0.2) is 4.98 Å². The Bertz CT molecular complexity index is 967. The molecule has 0 amide bonds. The molecular formula is C22H23N3O. The number of nitriles is 1. The number of ether oxygens (including phenoxy) is 1. The van der Waals surface area contributed by atoms with E-state index >= 15 is 0 Å². The van der Waals surface area contributed by atoms with Crippen molar-refractivity contribution in [2.45, 2.75) is 27.7 Å². The van der Waals surface area contributed by atoms with Gasteiger partial charge in [-0.2, -0.15) is 5.26 Å². The summed E-state index contributed by atoms with van der Waals surface area (Å²) in [5.74, 6) is 1.85. The number of fused-ring (bicyclic) bond motifs is 1. The van der Waals surface area contributed by atoms with Gasteiger partial charge in [-0.3, -0.25) is 0 Å². The van der Waals surface area contributed by atoms with Crippen molar-refractivity contribution in [3.8, 4) is 11.8 Å². The molecule has 3 rings (SSSR count). The molecule has 26 heavy (non-hydrogen) atoms. The molecule has 132 valence electrons. The molecule has 0 saturated carbocycles. The Balaban J connectivity index is 1.94. The van der Waals surface area contributed by atoms with Crippen LogP contribution in [0.1, 0.15) is 36.4 Å². The number of nitrogens with one attached hydrogen (secondary N) is 1. The fourth-order valence-electron chi connectivity index (χ4n) is 2.67. The molecule has 0 aliphatic carbocycles. The average molecular weight is 345 g/mol. The maximum absolute atomic E-state index is 9.61. The smallest absolute Gasteiger partial charge is 0.149 e. The Labute approximate surface area is 154 Å². The van der Waals surface area contributed by atoms with E-state index < -0.39 is 0 Å². The van der Waals surface area contributed by atoms with Gasteiger partial charge in [0.25, 0.3) is 0 Å². The summed E-state index contributed by atoms with van der Waals surface area (Å²) in [6, 6.07) is 14.1. The van der Waals surface area contributed by atoms with E-state index in [4.69, 9.17) is 4.74 Å². The number of allylic oxidation sites excluding steroid dienone is 1. The lowest BCUT2D eigenvalue weighted by Crippen LogP contribution is -2.04. The maximum Gasteiger partial charge on any atom is 0.149 e. The van der Waals surface area contributed by atoms with Crippen molar-refractivity contribution in [1.82, 2.24) is 9.97 Å². The standard InChI is InChI=1S/C22H23N3O/c1-14(2)13-26-19-7-5-6-17(11-19)10-18(12-23)22-24-20-8-15(3)16(4)9-21(20)25-22/h5-11,14H,13H2,1-4H3,(H,24,25)/b18-10-. The number of H-pyrrole nitrogens is 1. The van der Waals surface area contributed by atoms with Crippen molar-refractivity contribution in [3.63, 3.8) is 0 Å². The fraction of sp³-hybridized carbons (Fsp3) is 0.273. The highest BCUT2D eigenvalue weighted by atomic mass is 16.5. The lowest BCUT2D eigenvalue weighted by atomic mass is 10.1. The van der Waals surface area contributed by atoms with Crippen LogP contribution in [0.2, 0.25) is 0 Å². The Morgan fingerprint density at radius 2 is 2.00 bits per heavy atom. The molecule has 1 N–H and O–H groups in total. The van der Waals surface area contributed by atoms with Gasteiger partial charge < -0.3 is 9.72 Å². The summed E-state index contributed by atoms with van der Waals surface area (Å²) >= 11 is 0. The number of aromatic nitrogens is 2. The van der Waals surface area contributed by atoms with Gasteiger partial charge in [0.15, 0.2) is 0 Å². The first-order valence-corrected chi connectivity index (χ1v) is 8.78. The van der Waals surface area contributed by atoms with Gasteiger partial charge in [0.1, 0.15) is 17.6 Å². The first kappa shape index (κ1) is 17.8. The average Bonchev–Trinajstić information content (AvgIpc) is 3.01. The van der Waals surface area contributed by atoms with Gasteiger partial charge in [-0.1, -0.05) is 26.0 Å². The van der Waals surface area contributed by atoms with Crippen molar-refractivity contribution >= 4 is 22.7 Å². The second kappa shape index (κ2) is 7.45. The van der Waals surface area contributed by atoms with Gasteiger partial charge in [-0.15, -0.1) is 0 Å². The molecule has 0 unspecified atom stereocenters. The van der Waals surface area contributed by atoms with Crippen LogP contribution in [-0.4, -0.2) is 16.6 Å². The van der Waals surface area contributed by atoms with E-state index in [1.54, 1.807) is 0 Å². The molecule has 0 fully saturated rings. The van der Waals surface area contributed by atoms with Crippen molar-refractivity contribution in [2.24, 2.45) is 5.92 Å². The SMILES string of the molecule is Cc1cc2nc(/C(C#N)=C\c3cccc(OCC(C)C)c3)[nH]c2cc1C. The molecule has 1 heterocycles. The van der Waals surface area contributed by atoms with Gasteiger partial charge in [-0.05, 0) is 66.8 Å². The van der Waals surface area contributed by atoms with Crippen LogP contribution in [0, 0.1) is 31.1 Å². The topological polar surface area (TPSA) is 61.7 Å². The molecule has 2 aromatic carbocycles. The maximum atomic E-state index is 9.61. The Morgan fingerprint density at radius 3 is 2.73 bits per heavy atom. The number of imidazole rings is 1. The third kappa shape index (κ3) is 3.94. The molecule has 0 saturated heterocycles. The summed E-state index contributed by atoms with van der Waals surface area (Å²) in [7, 11) is 0. The minimum Gasteiger partial charge on any atom is -0.493 e. The summed E-state index contributed by atoms with van der Waals surface area (Å²) in [6.45, 7) is 9.03. The van der Waals surface area contributed by atoms with Crippen LogP contribution < -0.4 is 4.74 Å². The molecule has 0 bridgehead atoms. The quantitative estimate of drug-likeness (QED) is 0.640. The zero-order valence-corrected chi connectivity index (χ0v) is 15.6. The van der Waals surface area contributed by atoms with E-state index in [0.717, 1.165) is 22.3 Å². The molecule has 4 nitrogen and oxygen atoms in total. The van der Waals surface area contributed by atoms with Crippen LogP contribution in [0.5, 0.6) is 5.75 Å². The van der Waals surface area contributed by atoms with Crippen molar-refractivity contribution in [1.29, 1.82) is 5.26 Å². The van der Waals surface area contributed by atoms with E-state index in [1.807, 2.05) is 36.4 Å². The first-order chi connectivity index (χ1) is 12.5. The predicted octanol–water partition coefficient (Wildman–Crippen LogP) is 5.28. The number of aryl methyl sites for hydroxylation is 2. The molecule has 1 aromatic heterocycles. The van der Waals surface area contributed by atoms with Crippen molar-refractivity contribution in [2.75, 3.05) is 6.61 Å². The number of benzene rings is 2. The van der Waals surface area contributed by atoms with E-state index in [0.29, 0.717) is 23.9 Å². The van der Waals surface area contributed by atoms with Gasteiger partial charge in [0, 0.05) is 0 Å². The Kier molecular flexibility index (Phi) is 5.09. The lowest BCUT2D eigenvalue weighted by Gasteiger charge is -2.09. The van der Waals surface area contributed by atoms with Crippen LogP contribution in [0.3, 0.4) is 0 Å². The fourth-order valence-corrected chi connectivity index (χ4v) is 2.67. The van der Waals surface area contributed by atoms with Crippen molar-refractivity contribution in [3.05, 3.63) is 58.9 Å². The minimum absolute atomic E-state index is 0.464. The minimum atomic E-state index is 0.464. The summed E-state index contributed by atoms with van der Waals surface area (Å²) in [5.41, 5.74) is 5.61. The lowest BCUT2D eigenvalue weighted by molar-refractivity contribution is 0.271. The summed E-state index contributed by atoms with van der Waals surface area (Å²) in [4.78, 5) is 7.84. The molecule has 0 spiro atoms. The third-order valence-corrected chi connectivity index (χ3v) is 4.23. The number of rotatable bonds is 5. The molecule has 0 aliphatic rings. The van der Waals surface area contributed by atoms with Crippen LogP contribution in [0.15, 0.2) is 36.4 Å². The largest absolute Gasteiger partial charge is 0.493 e. The van der Waals surface area contributed by atoms with E-state index in [1.165, 1.54) is 11.1 Å². The van der Waals surface area contributed by atoms with Crippen LogP contribution >= 0.6 is 0 Å². The second-order valence-electron chi connectivity index (χ2n) is 6.99. The normalized spacial score (nSPS) is 11.8. The summed E-state index contributed by atoms with van der Waals surface area (Å²) in [6.07, 6.45) is 1.83. The Hall–Kier alpha value is -3.06. The zero-order chi connectivity index (χ0) is 18.7. The van der Waals surface area contributed by atoms with Gasteiger partial charge in [0.2, 0.25) is 0 Å². The highest BCUT2D eigenvalue weighted by molar-refractivity contribution is 5.90. The van der Waals surface area contributed by atoms with Crippen molar-refractivity contribution < 1.29 is 4.74 Å². The predicted molar refractivity (Wildman–Crippen MR) is 106 cm³/mol. The molecule has 0 radical (unpaired) electrons. The zero-order valence-electron chi connectivity index (χ0n) is 15.6. The highest BCUT2D eigenvalue weighted by Crippen LogP contribution is 2.23. The van der Waals surface area contributed by atoms with Crippen LogP contribution in [0.4, 0.5) is 0 Å². The molecule has 4 heteroatoms. The van der Waals surface area contributed by atoms with E-state index in [-0.39, 0.29) is 0 Å². The molecule has 0 atom stereocenters. The van der Waals surface area contributed by atoms with E-state index in [9.17, 15) is 5.26 Å². The van der Waals surface area contributed by atoms with Gasteiger partial charge in [0.05, 0.1) is 23.2 Å². The van der Waals surface area contributed by atoms with Crippen LogP contribution in [0.25, 0.3) is 22.7 Å². The van der Waals surface area contributed by atoms with Gasteiger partial charge >= 0.3 is 0 Å². The molecule has 3 aromatic rings. The number of hydrogen-bond acceptors (Lipinski definition) is 3. The number of aromatic amines is 1. The number of hydrogen-bond donors (Lipinski definition) is 1. The Morgan fingerprint density at radius 1 is 1.23 bits per heavy atom. The summed E-state index contributed by atoms with van der Waals surface area (Å²) in [5, 5.41) is 9.61. The van der Waals surface area contributed by atoms with E-state index in [2.05, 4.69) is 49.8 Å². The molecular weight excluding hydrogens is 322 g/mol. The summed E-state index contributed by atoms with van der Waals surface area (Å²) < 4.78 is 5.77. The monoisotopic (exact) mass is 345 g/mol. The highest BCUT2D eigenvalue weighted by Gasteiger charge is 2.09. The second-order valence-corrected chi connectivity index (χ2v) is 6.99.